The number of hydrogen-bond acceptors (Lipinski definition) is 4. The van der Waals surface area contributed by atoms with E-state index in [0.717, 1.165) is 24.1 Å². The Balaban J connectivity index is 1.93. The average Bonchev–Trinajstić information content (AvgIpc) is 2.38. The van der Waals surface area contributed by atoms with Crippen molar-refractivity contribution in [2.45, 2.75) is 33.2 Å². The molecule has 0 saturated heterocycles. The summed E-state index contributed by atoms with van der Waals surface area (Å²) in [7, 11) is 0. The standard InChI is InChI=1S/C14H21N3O/c1-10-5-3-4-6-12(10)9-18-14-16-8-13(7-15)11(2)17-14/h3-4,8,10,12H,5-7,9,15H2,1-2H3. The molecule has 2 N–H and O–H groups in total. The van der Waals surface area contributed by atoms with Gasteiger partial charge in [0.15, 0.2) is 0 Å². The smallest absolute Gasteiger partial charge is 0.316 e. The second kappa shape index (κ2) is 5.96. The summed E-state index contributed by atoms with van der Waals surface area (Å²) in [5, 5.41) is 0. The number of allylic oxidation sites excluding steroid dienone is 2. The molecule has 1 aliphatic rings. The lowest BCUT2D eigenvalue weighted by Crippen LogP contribution is -2.21. The van der Waals surface area contributed by atoms with Crippen LogP contribution in [0, 0.1) is 18.8 Å². The van der Waals surface area contributed by atoms with Crippen LogP contribution in [0.25, 0.3) is 0 Å². The first-order valence-corrected chi connectivity index (χ1v) is 6.51. The van der Waals surface area contributed by atoms with Crippen molar-refractivity contribution in [1.29, 1.82) is 0 Å². The van der Waals surface area contributed by atoms with Gasteiger partial charge in [-0.1, -0.05) is 19.1 Å². The van der Waals surface area contributed by atoms with E-state index in [1.54, 1.807) is 6.20 Å². The van der Waals surface area contributed by atoms with Gasteiger partial charge in [-0.3, -0.25) is 0 Å². The van der Waals surface area contributed by atoms with E-state index < -0.39 is 0 Å². The van der Waals surface area contributed by atoms with Crippen molar-refractivity contribution in [1.82, 2.24) is 9.97 Å². The molecule has 0 spiro atoms. The predicted molar refractivity (Wildman–Crippen MR) is 71.2 cm³/mol. The summed E-state index contributed by atoms with van der Waals surface area (Å²) in [6.45, 7) is 5.35. The zero-order valence-electron chi connectivity index (χ0n) is 11.1. The summed E-state index contributed by atoms with van der Waals surface area (Å²) in [4.78, 5) is 8.51. The Morgan fingerprint density at radius 2 is 2.17 bits per heavy atom. The van der Waals surface area contributed by atoms with Crippen LogP contribution in [0.5, 0.6) is 6.01 Å². The molecule has 0 bridgehead atoms. The molecule has 18 heavy (non-hydrogen) atoms. The summed E-state index contributed by atoms with van der Waals surface area (Å²) in [5.74, 6) is 1.23. The maximum Gasteiger partial charge on any atom is 0.316 e. The highest BCUT2D eigenvalue weighted by Gasteiger charge is 2.19. The molecule has 4 heteroatoms. The zero-order chi connectivity index (χ0) is 13.0. The minimum atomic E-state index is 0.464. The monoisotopic (exact) mass is 247 g/mol. The highest BCUT2D eigenvalue weighted by Crippen LogP contribution is 2.25. The fourth-order valence-electron chi connectivity index (χ4n) is 2.16. The van der Waals surface area contributed by atoms with Crippen molar-refractivity contribution in [3.05, 3.63) is 29.6 Å². The number of rotatable bonds is 4. The van der Waals surface area contributed by atoms with Crippen LogP contribution in [0.3, 0.4) is 0 Å². The van der Waals surface area contributed by atoms with Gasteiger partial charge in [-0.2, -0.15) is 0 Å². The lowest BCUT2D eigenvalue weighted by molar-refractivity contribution is 0.186. The molecule has 0 aromatic carbocycles. The largest absolute Gasteiger partial charge is 0.463 e. The first-order chi connectivity index (χ1) is 8.70. The fourth-order valence-corrected chi connectivity index (χ4v) is 2.16. The SMILES string of the molecule is Cc1nc(OCC2CC=CCC2C)ncc1CN. The molecule has 98 valence electrons. The highest BCUT2D eigenvalue weighted by molar-refractivity contribution is 5.17. The van der Waals surface area contributed by atoms with E-state index in [0.29, 0.717) is 31.0 Å². The molecule has 0 amide bonds. The van der Waals surface area contributed by atoms with Gasteiger partial charge in [0.2, 0.25) is 0 Å². The number of aryl methyl sites for hydroxylation is 1. The Kier molecular flexibility index (Phi) is 4.31. The minimum Gasteiger partial charge on any atom is -0.463 e. The Bertz CT molecular complexity index is 431. The molecule has 1 aromatic rings. The number of aromatic nitrogens is 2. The topological polar surface area (TPSA) is 61.0 Å². The second-order valence-electron chi connectivity index (χ2n) is 4.96. The summed E-state index contributed by atoms with van der Waals surface area (Å²) in [6, 6.07) is 0.464. The fraction of sp³-hybridized carbons (Fsp3) is 0.571. The van der Waals surface area contributed by atoms with Crippen LogP contribution < -0.4 is 10.5 Å². The summed E-state index contributed by atoms with van der Waals surface area (Å²) in [6.07, 6.45) is 8.46. The lowest BCUT2D eigenvalue weighted by atomic mass is 9.85. The number of ether oxygens (including phenoxy) is 1. The van der Waals surface area contributed by atoms with Gasteiger partial charge < -0.3 is 10.5 Å². The average molecular weight is 247 g/mol. The van der Waals surface area contributed by atoms with Crippen LogP contribution in [0.1, 0.15) is 31.0 Å². The van der Waals surface area contributed by atoms with Gasteiger partial charge in [0, 0.05) is 24.0 Å². The third-order valence-electron chi connectivity index (χ3n) is 3.62. The number of nitrogens with zero attached hydrogens (tertiary/aromatic N) is 2. The minimum absolute atomic E-state index is 0.464. The van der Waals surface area contributed by atoms with E-state index >= 15 is 0 Å². The van der Waals surface area contributed by atoms with E-state index in [2.05, 4.69) is 29.0 Å². The van der Waals surface area contributed by atoms with Crippen molar-refractivity contribution >= 4 is 0 Å². The van der Waals surface area contributed by atoms with Crippen LogP contribution in [0.2, 0.25) is 0 Å². The van der Waals surface area contributed by atoms with Gasteiger partial charge >= 0.3 is 6.01 Å². The Morgan fingerprint density at radius 3 is 2.83 bits per heavy atom. The normalized spacial score (nSPS) is 23.1. The molecule has 1 aromatic heterocycles. The molecular weight excluding hydrogens is 226 g/mol. The van der Waals surface area contributed by atoms with Crippen LogP contribution in [-0.4, -0.2) is 16.6 Å². The van der Waals surface area contributed by atoms with Crippen LogP contribution in [0.4, 0.5) is 0 Å². The van der Waals surface area contributed by atoms with Crippen LogP contribution in [0.15, 0.2) is 18.3 Å². The summed E-state index contributed by atoms with van der Waals surface area (Å²) in [5.41, 5.74) is 7.45. The Labute approximate surface area is 108 Å². The first kappa shape index (κ1) is 13.0. The third kappa shape index (κ3) is 3.07. The third-order valence-corrected chi connectivity index (χ3v) is 3.62. The van der Waals surface area contributed by atoms with Gasteiger partial charge in [-0.15, -0.1) is 0 Å². The predicted octanol–water partition coefficient (Wildman–Crippen LogP) is 2.22. The van der Waals surface area contributed by atoms with Crippen molar-refractivity contribution in [2.24, 2.45) is 17.6 Å². The molecule has 0 aliphatic heterocycles. The van der Waals surface area contributed by atoms with Gasteiger partial charge in [0.05, 0.1) is 6.61 Å². The van der Waals surface area contributed by atoms with E-state index in [9.17, 15) is 0 Å². The van der Waals surface area contributed by atoms with Gasteiger partial charge in [0.1, 0.15) is 0 Å². The maximum atomic E-state index is 5.70. The molecule has 2 rings (SSSR count). The lowest BCUT2D eigenvalue weighted by Gasteiger charge is -2.24. The van der Waals surface area contributed by atoms with Gasteiger partial charge in [-0.25, -0.2) is 9.97 Å². The van der Waals surface area contributed by atoms with Crippen molar-refractivity contribution in [3.63, 3.8) is 0 Å². The van der Waals surface area contributed by atoms with E-state index in [1.807, 2.05) is 6.92 Å². The van der Waals surface area contributed by atoms with Gasteiger partial charge in [0.25, 0.3) is 0 Å². The quantitative estimate of drug-likeness (QED) is 0.829. The molecule has 0 saturated carbocycles. The number of nitrogens with two attached hydrogens (primary N) is 1. The van der Waals surface area contributed by atoms with E-state index in [4.69, 9.17) is 10.5 Å². The summed E-state index contributed by atoms with van der Waals surface area (Å²) >= 11 is 0. The molecule has 4 nitrogen and oxygen atoms in total. The first-order valence-electron chi connectivity index (χ1n) is 6.51. The molecule has 2 atom stereocenters. The molecule has 1 heterocycles. The molecule has 2 unspecified atom stereocenters. The van der Waals surface area contributed by atoms with Crippen molar-refractivity contribution in [2.75, 3.05) is 6.61 Å². The molecule has 0 radical (unpaired) electrons. The van der Waals surface area contributed by atoms with Crippen LogP contribution in [-0.2, 0) is 6.54 Å². The zero-order valence-corrected chi connectivity index (χ0v) is 11.1. The molecule has 0 fully saturated rings. The second-order valence-corrected chi connectivity index (χ2v) is 4.96. The van der Waals surface area contributed by atoms with E-state index in [-0.39, 0.29) is 0 Å². The van der Waals surface area contributed by atoms with Gasteiger partial charge in [-0.05, 0) is 31.6 Å². The maximum absolute atomic E-state index is 5.70. The Hall–Kier alpha value is -1.42. The Morgan fingerprint density at radius 1 is 1.39 bits per heavy atom. The van der Waals surface area contributed by atoms with Crippen molar-refractivity contribution < 1.29 is 4.74 Å². The summed E-state index contributed by atoms with van der Waals surface area (Å²) < 4.78 is 5.70. The van der Waals surface area contributed by atoms with Crippen molar-refractivity contribution in [3.8, 4) is 6.01 Å². The van der Waals surface area contributed by atoms with E-state index in [1.165, 1.54) is 0 Å². The number of hydrogen-bond donors (Lipinski definition) is 1. The highest BCUT2D eigenvalue weighted by atomic mass is 16.5. The molecular formula is C14H21N3O. The van der Waals surface area contributed by atoms with Crippen LogP contribution >= 0.6 is 0 Å². The molecule has 1 aliphatic carbocycles.